The van der Waals surface area contributed by atoms with Gasteiger partial charge in [-0.1, -0.05) is 25.1 Å². The molecule has 0 saturated carbocycles. The zero-order valence-corrected chi connectivity index (χ0v) is 11.8. The number of benzene rings is 1. The van der Waals surface area contributed by atoms with E-state index in [2.05, 4.69) is 50.4 Å². The van der Waals surface area contributed by atoms with E-state index in [9.17, 15) is 0 Å². The van der Waals surface area contributed by atoms with Crippen LogP contribution in [0, 0.1) is 0 Å². The van der Waals surface area contributed by atoms with Gasteiger partial charge in [0.25, 0.3) is 0 Å². The summed E-state index contributed by atoms with van der Waals surface area (Å²) in [6, 6.07) is 8.46. The average molecular weight is 247 g/mol. The van der Waals surface area contributed by atoms with Crippen LogP contribution in [0.2, 0.25) is 0 Å². The second-order valence-electron chi connectivity index (χ2n) is 5.62. The summed E-state index contributed by atoms with van der Waals surface area (Å²) in [6.07, 6.45) is 5.07. The van der Waals surface area contributed by atoms with Gasteiger partial charge in [0.2, 0.25) is 0 Å². The van der Waals surface area contributed by atoms with Crippen LogP contribution in [0.5, 0.6) is 5.75 Å². The quantitative estimate of drug-likeness (QED) is 0.859. The molecular weight excluding hydrogens is 222 g/mol. The van der Waals surface area contributed by atoms with Crippen molar-refractivity contribution in [1.29, 1.82) is 0 Å². The highest BCUT2D eigenvalue weighted by atomic mass is 16.5. The standard InChI is InChI=1S/C16H25NO/c1-4-16(10-7-11-17-16)12-14-8-5-6-9-15(14)18-13(2)3/h5-6,8-9,13,17H,4,7,10-12H2,1-3H3. The molecule has 2 nitrogen and oxygen atoms in total. The van der Waals surface area contributed by atoms with Crippen molar-refractivity contribution in [2.24, 2.45) is 0 Å². The van der Waals surface area contributed by atoms with Crippen LogP contribution in [0.25, 0.3) is 0 Å². The predicted octanol–water partition coefficient (Wildman–Crippen LogP) is 3.55. The largest absolute Gasteiger partial charge is 0.491 e. The molecule has 18 heavy (non-hydrogen) atoms. The van der Waals surface area contributed by atoms with Crippen LogP contribution in [0.3, 0.4) is 0 Å². The molecule has 1 atom stereocenters. The first-order chi connectivity index (χ1) is 8.65. The summed E-state index contributed by atoms with van der Waals surface area (Å²) in [5.74, 6) is 1.05. The lowest BCUT2D eigenvalue weighted by atomic mass is 9.86. The Morgan fingerprint density at radius 1 is 1.33 bits per heavy atom. The van der Waals surface area contributed by atoms with Crippen LogP contribution in [-0.2, 0) is 6.42 Å². The zero-order chi connectivity index (χ0) is 13.0. The lowest BCUT2D eigenvalue weighted by molar-refractivity contribution is 0.237. The Hall–Kier alpha value is -1.02. The van der Waals surface area contributed by atoms with Crippen molar-refractivity contribution in [3.63, 3.8) is 0 Å². The maximum atomic E-state index is 5.92. The summed E-state index contributed by atoms with van der Waals surface area (Å²) in [7, 11) is 0. The molecule has 1 aromatic rings. The van der Waals surface area contributed by atoms with Crippen molar-refractivity contribution in [2.75, 3.05) is 6.54 Å². The molecule has 100 valence electrons. The maximum absolute atomic E-state index is 5.92. The van der Waals surface area contributed by atoms with Gasteiger partial charge in [-0.3, -0.25) is 0 Å². The number of ether oxygens (including phenoxy) is 1. The third-order valence-electron chi connectivity index (χ3n) is 3.87. The van der Waals surface area contributed by atoms with E-state index in [1.807, 2.05) is 0 Å². The molecule has 0 spiro atoms. The molecule has 1 aromatic carbocycles. The monoisotopic (exact) mass is 247 g/mol. The molecule has 0 radical (unpaired) electrons. The van der Waals surface area contributed by atoms with Gasteiger partial charge in [-0.2, -0.15) is 0 Å². The van der Waals surface area contributed by atoms with Crippen molar-refractivity contribution in [1.82, 2.24) is 5.32 Å². The van der Waals surface area contributed by atoms with E-state index in [-0.39, 0.29) is 11.6 Å². The van der Waals surface area contributed by atoms with E-state index in [1.54, 1.807) is 0 Å². The Bertz CT molecular complexity index is 380. The molecule has 2 heteroatoms. The zero-order valence-electron chi connectivity index (χ0n) is 11.8. The Balaban J connectivity index is 2.17. The minimum Gasteiger partial charge on any atom is -0.491 e. The summed E-state index contributed by atoms with van der Waals surface area (Å²) in [4.78, 5) is 0. The van der Waals surface area contributed by atoms with E-state index >= 15 is 0 Å². The van der Waals surface area contributed by atoms with Gasteiger partial charge in [0.15, 0.2) is 0 Å². The van der Waals surface area contributed by atoms with Crippen molar-refractivity contribution < 1.29 is 4.74 Å². The summed E-state index contributed by atoms with van der Waals surface area (Å²) in [5.41, 5.74) is 1.62. The number of para-hydroxylation sites is 1. The summed E-state index contributed by atoms with van der Waals surface area (Å²) >= 11 is 0. The molecule has 2 rings (SSSR count). The Morgan fingerprint density at radius 3 is 2.72 bits per heavy atom. The molecule has 1 heterocycles. The second kappa shape index (κ2) is 5.75. The Labute approximate surface area is 111 Å². The SMILES string of the molecule is CCC1(Cc2ccccc2OC(C)C)CCCN1. The van der Waals surface area contributed by atoms with Crippen LogP contribution >= 0.6 is 0 Å². The van der Waals surface area contributed by atoms with Gasteiger partial charge in [-0.05, 0) is 57.7 Å². The lowest BCUT2D eigenvalue weighted by Crippen LogP contribution is -2.41. The highest BCUT2D eigenvalue weighted by Crippen LogP contribution is 2.31. The molecule has 1 unspecified atom stereocenters. The lowest BCUT2D eigenvalue weighted by Gasteiger charge is -2.29. The molecule has 0 aromatic heterocycles. The van der Waals surface area contributed by atoms with E-state index < -0.39 is 0 Å². The number of rotatable bonds is 5. The van der Waals surface area contributed by atoms with Crippen molar-refractivity contribution in [2.45, 2.75) is 58.1 Å². The molecule has 0 amide bonds. The van der Waals surface area contributed by atoms with Crippen LogP contribution in [-0.4, -0.2) is 18.2 Å². The first kappa shape index (κ1) is 13.4. The first-order valence-electron chi connectivity index (χ1n) is 7.15. The van der Waals surface area contributed by atoms with E-state index in [0.717, 1.165) is 18.7 Å². The van der Waals surface area contributed by atoms with Gasteiger partial charge in [0.1, 0.15) is 5.75 Å². The third kappa shape index (κ3) is 3.05. The van der Waals surface area contributed by atoms with E-state index in [1.165, 1.54) is 24.8 Å². The van der Waals surface area contributed by atoms with Crippen LogP contribution in [0.15, 0.2) is 24.3 Å². The molecule has 1 fully saturated rings. The van der Waals surface area contributed by atoms with Crippen LogP contribution < -0.4 is 10.1 Å². The Morgan fingerprint density at radius 2 is 2.11 bits per heavy atom. The van der Waals surface area contributed by atoms with Gasteiger partial charge in [0, 0.05) is 5.54 Å². The number of nitrogens with one attached hydrogen (secondary N) is 1. The minimum absolute atomic E-state index is 0.236. The van der Waals surface area contributed by atoms with Gasteiger partial charge in [-0.15, -0.1) is 0 Å². The van der Waals surface area contributed by atoms with Gasteiger partial charge < -0.3 is 10.1 Å². The third-order valence-corrected chi connectivity index (χ3v) is 3.87. The van der Waals surface area contributed by atoms with Crippen LogP contribution in [0.4, 0.5) is 0 Å². The van der Waals surface area contributed by atoms with Crippen LogP contribution in [0.1, 0.15) is 45.6 Å². The van der Waals surface area contributed by atoms with Crippen molar-refractivity contribution in [3.8, 4) is 5.75 Å². The molecule has 1 aliphatic heterocycles. The molecule has 0 bridgehead atoms. The molecule has 1 N–H and O–H groups in total. The second-order valence-corrected chi connectivity index (χ2v) is 5.62. The smallest absolute Gasteiger partial charge is 0.122 e. The van der Waals surface area contributed by atoms with Crippen molar-refractivity contribution in [3.05, 3.63) is 29.8 Å². The minimum atomic E-state index is 0.236. The van der Waals surface area contributed by atoms with Gasteiger partial charge in [-0.25, -0.2) is 0 Å². The predicted molar refractivity (Wildman–Crippen MR) is 76.2 cm³/mol. The number of hydrogen-bond donors (Lipinski definition) is 1. The van der Waals surface area contributed by atoms with E-state index in [4.69, 9.17) is 4.74 Å². The summed E-state index contributed by atoms with van der Waals surface area (Å²) < 4.78 is 5.92. The summed E-state index contributed by atoms with van der Waals surface area (Å²) in [5, 5.41) is 3.69. The Kier molecular flexibility index (Phi) is 4.28. The van der Waals surface area contributed by atoms with E-state index in [0.29, 0.717) is 0 Å². The molecule has 1 saturated heterocycles. The summed E-state index contributed by atoms with van der Waals surface area (Å²) in [6.45, 7) is 7.60. The number of hydrogen-bond acceptors (Lipinski definition) is 2. The van der Waals surface area contributed by atoms with Gasteiger partial charge >= 0.3 is 0 Å². The molecule has 0 aliphatic carbocycles. The molecular formula is C16H25NO. The first-order valence-corrected chi connectivity index (χ1v) is 7.15. The average Bonchev–Trinajstić information content (AvgIpc) is 2.80. The fraction of sp³-hybridized carbons (Fsp3) is 0.625. The highest BCUT2D eigenvalue weighted by Gasteiger charge is 2.32. The fourth-order valence-electron chi connectivity index (χ4n) is 2.83. The van der Waals surface area contributed by atoms with Crippen molar-refractivity contribution >= 4 is 0 Å². The maximum Gasteiger partial charge on any atom is 0.122 e. The normalized spacial score (nSPS) is 23.6. The highest BCUT2D eigenvalue weighted by molar-refractivity contribution is 5.35. The fourth-order valence-corrected chi connectivity index (χ4v) is 2.83. The molecule has 1 aliphatic rings. The van der Waals surface area contributed by atoms with Gasteiger partial charge in [0.05, 0.1) is 6.10 Å². The topological polar surface area (TPSA) is 21.3 Å².